The van der Waals surface area contributed by atoms with Gasteiger partial charge in [-0.15, -0.1) is 0 Å². The van der Waals surface area contributed by atoms with Gasteiger partial charge in [-0.1, -0.05) is 19.9 Å². The highest BCUT2D eigenvalue weighted by atomic mass is 19.1. The first-order chi connectivity index (χ1) is 6.52. The number of nitrogens with zero attached hydrogens (tertiary/aromatic N) is 1. The van der Waals surface area contributed by atoms with E-state index >= 15 is 0 Å². The predicted molar refractivity (Wildman–Crippen MR) is 57.4 cm³/mol. The van der Waals surface area contributed by atoms with Crippen LogP contribution in [0.1, 0.15) is 13.8 Å². The summed E-state index contributed by atoms with van der Waals surface area (Å²) in [6.45, 7) is 3.89. The zero-order chi connectivity index (χ0) is 10.7. The SMILES string of the molecule is CC(C)C(=N)N(C)c1cccc(F)c1. The number of hydrogen-bond donors (Lipinski definition) is 1. The Morgan fingerprint density at radius 1 is 1.43 bits per heavy atom. The van der Waals surface area contributed by atoms with E-state index in [-0.39, 0.29) is 11.7 Å². The van der Waals surface area contributed by atoms with Crippen molar-refractivity contribution in [2.24, 2.45) is 5.92 Å². The summed E-state index contributed by atoms with van der Waals surface area (Å²) < 4.78 is 12.9. The number of nitrogens with one attached hydrogen (secondary N) is 1. The first-order valence-corrected chi connectivity index (χ1v) is 4.60. The third kappa shape index (κ3) is 2.31. The summed E-state index contributed by atoms with van der Waals surface area (Å²) in [5.41, 5.74) is 0.712. The molecule has 0 heterocycles. The van der Waals surface area contributed by atoms with Crippen LogP contribution in [0.5, 0.6) is 0 Å². The lowest BCUT2D eigenvalue weighted by Crippen LogP contribution is -2.29. The van der Waals surface area contributed by atoms with Crippen LogP contribution in [0.15, 0.2) is 24.3 Å². The van der Waals surface area contributed by atoms with Gasteiger partial charge in [0.25, 0.3) is 0 Å². The quantitative estimate of drug-likeness (QED) is 0.568. The van der Waals surface area contributed by atoms with Gasteiger partial charge in [-0.2, -0.15) is 0 Å². The van der Waals surface area contributed by atoms with Crippen LogP contribution in [0.2, 0.25) is 0 Å². The topological polar surface area (TPSA) is 27.1 Å². The molecule has 0 aromatic heterocycles. The van der Waals surface area contributed by atoms with Gasteiger partial charge in [-0.3, -0.25) is 5.41 Å². The molecule has 0 fully saturated rings. The summed E-state index contributed by atoms with van der Waals surface area (Å²) in [7, 11) is 1.77. The molecule has 0 saturated carbocycles. The van der Waals surface area contributed by atoms with E-state index in [0.717, 1.165) is 0 Å². The number of halogens is 1. The second-order valence-corrected chi connectivity index (χ2v) is 3.58. The van der Waals surface area contributed by atoms with Crippen LogP contribution in [-0.2, 0) is 0 Å². The Balaban J connectivity index is 2.89. The van der Waals surface area contributed by atoms with Crippen LogP contribution in [0.25, 0.3) is 0 Å². The Labute approximate surface area is 83.9 Å². The number of hydrogen-bond acceptors (Lipinski definition) is 1. The predicted octanol–water partition coefficient (Wildman–Crippen LogP) is 2.90. The monoisotopic (exact) mass is 194 g/mol. The molecule has 1 aromatic rings. The fraction of sp³-hybridized carbons (Fsp3) is 0.364. The highest BCUT2D eigenvalue weighted by molar-refractivity contribution is 5.96. The van der Waals surface area contributed by atoms with E-state index in [1.54, 1.807) is 24.1 Å². The summed E-state index contributed by atoms with van der Waals surface area (Å²) in [5, 5.41) is 7.76. The number of benzene rings is 1. The maximum absolute atomic E-state index is 12.9. The van der Waals surface area contributed by atoms with E-state index < -0.39 is 0 Å². The molecule has 2 nitrogen and oxygen atoms in total. The largest absolute Gasteiger partial charge is 0.333 e. The minimum atomic E-state index is -0.272. The van der Waals surface area contributed by atoms with Gasteiger partial charge in [0.1, 0.15) is 11.7 Å². The molecule has 3 heteroatoms. The zero-order valence-corrected chi connectivity index (χ0v) is 8.71. The molecule has 0 aliphatic rings. The average Bonchev–Trinajstić information content (AvgIpc) is 2.15. The smallest absolute Gasteiger partial charge is 0.125 e. The Morgan fingerprint density at radius 3 is 2.57 bits per heavy atom. The number of anilines is 1. The normalized spacial score (nSPS) is 10.4. The minimum Gasteiger partial charge on any atom is -0.333 e. The van der Waals surface area contributed by atoms with Crippen molar-refractivity contribution in [3.8, 4) is 0 Å². The van der Waals surface area contributed by atoms with Gasteiger partial charge in [-0.05, 0) is 18.2 Å². The summed E-state index contributed by atoms with van der Waals surface area (Å²) >= 11 is 0. The molecular weight excluding hydrogens is 179 g/mol. The average molecular weight is 194 g/mol. The lowest BCUT2D eigenvalue weighted by molar-refractivity contribution is 0.628. The second-order valence-electron chi connectivity index (χ2n) is 3.58. The molecule has 76 valence electrons. The first kappa shape index (κ1) is 10.7. The molecule has 0 unspecified atom stereocenters. The molecule has 0 atom stereocenters. The molecule has 1 N–H and O–H groups in total. The van der Waals surface area contributed by atoms with Crippen molar-refractivity contribution < 1.29 is 4.39 Å². The molecule has 0 bridgehead atoms. The highest BCUT2D eigenvalue weighted by Gasteiger charge is 2.10. The van der Waals surface area contributed by atoms with Crippen molar-refractivity contribution in [1.82, 2.24) is 0 Å². The van der Waals surface area contributed by atoms with E-state index in [9.17, 15) is 4.39 Å². The van der Waals surface area contributed by atoms with Crippen LogP contribution in [0.4, 0.5) is 10.1 Å². The fourth-order valence-corrected chi connectivity index (χ4v) is 1.21. The number of amidine groups is 1. The van der Waals surface area contributed by atoms with Crippen molar-refractivity contribution in [2.45, 2.75) is 13.8 Å². The van der Waals surface area contributed by atoms with Crippen molar-refractivity contribution in [3.05, 3.63) is 30.1 Å². The van der Waals surface area contributed by atoms with Crippen molar-refractivity contribution in [2.75, 3.05) is 11.9 Å². The van der Waals surface area contributed by atoms with Gasteiger partial charge < -0.3 is 4.90 Å². The Hall–Kier alpha value is -1.38. The van der Waals surface area contributed by atoms with Gasteiger partial charge >= 0.3 is 0 Å². The summed E-state index contributed by atoms with van der Waals surface area (Å²) in [6.07, 6.45) is 0. The van der Waals surface area contributed by atoms with E-state index in [2.05, 4.69) is 0 Å². The fourth-order valence-electron chi connectivity index (χ4n) is 1.21. The lowest BCUT2D eigenvalue weighted by atomic mass is 10.1. The molecule has 0 aliphatic carbocycles. The van der Waals surface area contributed by atoms with Crippen molar-refractivity contribution in [3.63, 3.8) is 0 Å². The molecule has 0 radical (unpaired) electrons. The van der Waals surface area contributed by atoms with Crippen LogP contribution in [0.3, 0.4) is 0 Å². The minimum absolute atomic E-state index is 0.142. The van der Waals surface area contributed by atoms with Crippen molar-refractivity contribution >= 4 is 11.5 Å². The first-order valence-electron chi connectivity index (χ1n) is 4.60. The zero-order valence-electron chi connectivity index (χ0n) is 8.71. The second kappa shape index (κ2) is 4.22. The van der Waals surface area contributed by atoms with Crippen LogP contribution in [-0.4, -0.2) is 12.9 Å². The van der Waals surface area contributed by atoms with E-state index in [1.807, 2.05) is 13.8 Å². The van der Waals surface area contributed by atoms with Crippen LogP contribution >= 0.6 is 0 Å². The third-order valence-electron chi connectivity index (χ3n) is 2.10. The summed E-state index contributed by atoms with van der Waals surface area (Å²) in [6, 6.07) is 6.27. The Bertz CT molecular complexity index is 334. The summed E-state index contributed by atoms with van der Waals surface area (Å²) in [5.74, 6) is 0.352. The maximum Gasteiger partial charge on any atom is 0.125 e. The van der Waals surface area contributed by atoms with E-state index in [1.165, 1.54) is 12.1 Å². The molecule has 0 saturated heterocycles. The van der Waals surface area contributed by atoms with Gasteiger partial charge in [0.05, 0.1) is 0 Å². The van der Waals surface area contributed by atoms with Gasteiger partial charge in [-0.25, -0.2) is 4.39 Å². The molecular formula is C11H15FN2. The molecule has 0 aliphatic heterocycles. The lowest BCUT2D eigenvalue weighted by Gasteiger charge is -2.22. The van der Waals surface area contributed by atoms with Crippen molar-refractivity contribution in [1.29, 1.82) is 5.41 Å². The van der Waals surface area contributed by atoms with Gasteiger partial charge in [0.2, 0.25) is 0 Å². The van der Waals surface area contributed by atoms with Gasteiger partial charge in [0, 0.05) is 18.7 Å². The van der Waals surface area contributed by atoms with Crippen LogP contribution in [0, 0.1) is 17.1 Å². The molecule has 0 amide bonds. The molecule has 14 heavy (non-hydrogen) atoms. The van der Waals surface area contributed by atoms with Gasteiger partial charge in [0.15, 0.2) is 0 Å². The highest BCUT2D eigenvalue weighted by Crippen LogP contribution is 2.16. The van der Waals surface area contributed by atoms with E-state index in [0.29, 0.717) is 11.5 Å². The Kier molecular flexibility index (Phi) is 3.23. The van der Waals surface area contributed by atoms with E-state index in [4.69, 9.17) is 5.41 Å². The number of rotatable bonds is 2. The van der Waals surface area contributed by atoms with Crippen LogP contribution < -0.4 is 4.90 Å². The maximum atomic E-state index is 12.9. The molecule has 1 aromatic carbocycles. The molecule has 1 rings (SSSR count). The Morgan fingerprint density at radius 2 is 2.07 bits per heavy atom. The summed E-state index contributed by atoms with van der Waals surface area (Å²) in [4.78, 5) is 1.69. The third-order valence-corrected chi connectivity index (χ3v) is 2.10. The molecule has 0 spiro atoms. The standard InChI is InChI=1S/C11H15FN2/c1-8(2)11(13)14(3)10-6-4-5-9(12)7-10/h4-8,13H,1-3H3.